The van der Waals surface area contributed by atoms with E-state index in [9.17, 15) is 84.3 Å². The molecule has 17 N–H and O–H groups in total. The molecule has 0 aromatic rings. The third-order valence-corrected chi connectivity index (χ3v) is 15.0. The molecule has 17 unspecified atom stereocenters. The minimum atomic E-state index is -1.53. The van der Waals surface area contributed by atoms with Gasteiger partial charge in [0, 0.05) is 65.8 Å². The summed E-state index contributed by atoms with van der Waals surface area (Å²) < 4.78 is 56.0. The van der Waals surface area contributed by atoms with Gasteiger partial charge in [0.1, 0.15) is 85.1 Å². The number of ether oxygens (including phenoxy) is 10. The number of aliphatic hydroxyl groups is 9. The van der Waals surface area contributed by atoms with Crippen LogP contribution in [0, 0.1) is 5.92 Å². The largest absolute Gasteiger partial charge is 0.394 e. The summed E-state index contributed by atoms with van der Waals surface area (Å²) in [5.74, 6) is -5.09. The van der Waals surface area contributed by atoms with Crippen LogP contribution in [-0.2, 0) is 85.7 Å². The zero-order valence-corrected chi connectivity index (χ0v) is 51.3. The highest BCUT2D eigenvalue weighted by Gasteiger charge is 2.48. The van der Waals surface area contributed by atoms with Crippen LogP contribution in [0.2, 0.25) is 0 Å². The predicted octanol–water partition coefficient (Wildman–Crippen LogP) is -8.61. The summed E-state index contributed by atoms with van der Waals surface area (Å²) in [4.78, 5) is 103. The number of rotatable bonds is 40. The molecule has 0 spiro atoms. The minimum absolute atomic E-state index is 0.00788. The Bertz CT molecular complexity index is 2190. The van der Waals surface area contributed by atoms with Gasteiger partial charge in [-0.3, -0.25) is 38.4 Å². The maximum atomic E-state index is 13.8. The van der Waals surface area contributed by atoms with Crippen molar-refractivity contribution in [2.24, 2.45) is 5.92 Å². The van der Waals surface area contributed by atoms with Gasteiger partial charge in [-0.2, -0.15) is 0 Å². The minimum Gasteiger partial charge on any atom is -0.394 e. The van der Waals surface area contributed by atoms with Crippen molar-refractivity contribution < 1.29 is 132 Å². The SMILES string of the molecule is CCOC1CCC(C(=O)NC(CCC(=O)NC(CCC(=O)NCCOCCOC2OC(CO)C(O)C(O)C2NC(C)=O)C(=O)NCCOCCOC2OC(CO)C(O)C(O)C2NC(C)=O)C(=O)NCCOCCOC2OC(CO)C(O)C(O)C2NC(C)=O)CC1. The first-order chi connectivity index (χ1) is 43.0. The monoisotopic (exact) mass is 1300 g/mol. The van der Waals surface area contributed by atoms with Gasteiger partial charge in [0.15, 0.2) is 18.9 Å². The molecular formula is C55H96N8O27. The fraction of sp³-hybridized carbons (Fsp3) is 0.855. The van der Waals surface area contributed by atoms with Crippen LogP contribution in [0.4, 0.5) is 0 Å². The average Bonchev–Trinajstić information content (AvgIpc) is 0.941. The van der Waals surface area contributed by atoms with E-state index < -0.39 is 177 Å². The van der Waals surface area contributed by atoms with Crippen molar-refractivity contribution >= 4 is 47.3 Å². The van der Waals surface area contributed by atoms with E-state index in [4.69, 9.17) is 47.4 Å². The lowest BCUT2D eigenvalue weighted by Crippen LogP contribution is -2.64. The Labute approximate surface area is 520 Å². The molecule has 3 saturated heterocycles. The molecule has 35 heteroatoms. The van der Waals surface area contributed by atoms with Gasteiger partial charge in [0.2, 0.25) is 47.3 Å². The van der Waals surface area contributed by atoms with Crippen molar-refractivity contribution in [2.45, 2.75) is 189 Å². The zero-order valence-electron chi connectivity index (χ0n) is 51.3. The fourth-order valence-electron chi connectivity index (χ4n) is 10.3. The second kappa shape index (κ2) is 41.6. The summed E-state index contributed by atoms with van der Waals surface area (Å²) >= 11 is 0. The molecule has 0 aromatic heterocycles. The summed E-state index contributed by atoms with van der Waals surface area (Å²) in [6, 6.07) is -6.07. The van der Waals surface area contributed by atoms with E-state index in [0.29, 0.717) is 32.3 Å². The van der Waals surface area contributed by atoms with E-state index in [-0.39, 0.29) is 111 Å². The summed E-state index contributed by atoms with van der Waals surface area (Å²) in [6.45, 7) is 3.05. The lowest BCUT2D eigenvalue weighted by atomic mass is 9.86. The summed E-state index contributed by atoms with van der Waals surface area (Å²) in [5, 5.41) is 112. The van der Waals surface area contributed by atoms with Crippen LogP contribution < -0.4 is 42.5 Å². The van der Waals surface area contributed by atoms with Crippen molar-refractivity contribution in [3.8, 4) is 0 Å². The van der Waals surface area contributed by atoms with E-state index in [1.165, 1.54) is 20.8 Å². The average molecular weight is 1300 g/mol. The van der Waals surface area contributed by atoms with E-state index in [0.717, 1.165) is 0 Å². The number of hydrogen-bond acceptors (Lipinski definition) is 27. The van der Waals surface area contributed by atoms with Gasteiger partial charge < -0.3 is 136 Å². The number of nitrogens with one attached hydrogen (secondary N) is 8. The zero-order chi connectivity index (χ0) is 66.3. The number of amides is 8. The lowest BCUT2D eigenvalue weighted by molar-refractivity contribution is -0.272. The summed E-state index contributed by atoms with van der Waals surface area (Å²) in [6.07, 6.45) is -15.4. The maximum Gasteiger partial charge on any atom is 0.242 e. The van der Waals surface area contributed by atoms with Gasteiger partial charge in [0.25, 0.3) is 0 Å². The Kier molecular flexibility index (Phi) is 35.8. The topological polar surface area (TPSA) is 507 Å². The molecule has 90 heavy (non-hydrogen) atoms. The van der Waals surface area contributed by atoms with E-state index in [1.807, 2.05) is 6.92 Å². The Morgan fingerprint density at radius 1 is 0.444 bits per heavy atom. The molecule has 4 fully saturated rings. The number of aliphatic hydroxyl groups excluding tert-OH is 9. The van der Waals surface area contributed by atoms with Crippen LogP contribution in [0.1, 0.15) is 79.1 Å². The Morgan fingerprint density at radius 2 is 0.800 bits per heavy atom. The van der Waals surface area contributed by atoms with Gasteiger partial charge in [-0.25, -0.2) is 0 Å². The molecule has 0 aromatic carbocycles. The van der Waals surface area contributed by atoms with Crippen LogP contribution in [0.25, 0.3) is 0 Å². The molecule has 3 aliphatic heterocycles. The molecule has 1 saturated carbocycles. The van der Waals surface area contributed by atoms with Crippen LogP contribution >= 0.6 is 0 Å². The van der Waals surface area contributed by atoms with E-state index in [1.54, 1.807) is 0 Å². The van der Waals surface area contributed by atoms with Gasteiger partial charge >= 0.3 is 0 Å². The standard InChI is InChI=1S/C55H96N8O27/c1-5-84-33-8-6-32(7-9-33)50(78)63-35(52(80)58-16-19-83-22-25-87-55-43(61-31(4)69)49(77)46(74)38(28-66)90-55)11-13-40(71)62-34(51(79)57-15-18-82-21-24-86-54-42(60-30(3)68)48(76)45(73)37(27-65)89-54)10-12-39(70)56-14-17-81-20-23-85-53-41(59-29(2)67)47(75)44(72)36(26-64)88-53/h32-38,41-49,53-55,64-66,72-77H,5-28H2,1-4H3,(H,56,70)(H,57,79)(H,58,80)(H,59,67)(H,60,68)(H,61,69)(H,62,71)(H,63,78). The van der Waals surface area contributed by atoms with Gasteiger partial charge in [-0.15, -0.1) is 0 Å². The van der Waals surface area contributed by atoms with E-state index >= 15 is 0 Å². The number of carbonyl (C=O) groups excluding carboxylic acids is 8. The summed E-state index contributed by atoms with van der Waals surface area (Å²) in [7, 11) is 0. The van der Waals surface area contributed by atoms with Crippen LogP contribution in [0.5, 0.6) is 0 Å². The molecule has 0 radical (unpaired) electrons. The quantitative estimate of drug-likeness (QED) is 0.0253. The maximum absolute atomic E-state index is 13.8. The molecule has 0 bridgehead atoms. The molecule has 3 heterocycles. The van der Waals surface area contributed by atoms with Crippen molar-refractivity contribution in [3.05, 3.63) is 0 Å². The number of hydrogen-bond donors (Lipinski definition) is 17. The Balaban J connectivity index is 1.33. The van der Waals surface area contributed by atoms with Crippen LogP contribution in [0.3, 0.4) is 0 Å². The summed E-state index contributed by atoms with van der Waals surface area (Å²) in [5.41, 5.74) is 0. The highest BCUT2D eigenvalue weighted by Crippen LogP contribution is 2.28. The smallest absolute Gasteiger partial charge is 0.242 e. The number of carbonyl (C=O) groups is 8. The van der Waals surface area contributed by atoms with Gasteiger partial charge in [0.05, 0.1) is 85.4 Å². The highest BCUT2D eigenvalue weighted by atomic mass is 16.7. The van der Waals surface area contributed by atoms with Gasteiger partial charge in [-0.1, -0.05) is 0 Å². The highest BCUT2D eigenvalue weighted by molar-refractivity contribution is 5.90. The molecule has 1 aliphatic carbocycles. The molecule has 17 atom stereocenters. The third-order valence-electron chi connectivity index (χ3n) is 15.0. The predicted molar refractivity (Wildman–Crippen MR) is 305 cm³/mol. The normalized spacial score (nSPS) is 30.0. The Hall–Kier alpha value is -5.00. The molecular weight excluding hydrogens is 1200 g/mol. The molecule has 8 amide bonds. The van der Waals surface area contributed by atoms with Crippen molar-refractivity contribution in [3.63, 3.8) is 0 Å². The third kappa shape index (κ3) is 26.2. The van der Waals surface area contributed by atoms with Gasteiger partial charge in [-0.05, 0) is 45.4 Å². The molecule has 4 aliphatic rings. The first kappa shape index (κ1) is 77.4. The van der Waals surface area contributed by atoms with Crippen LogP contribution in [0.15, 0.2) is 0 Å². The lowest BCUT2D eigenvalue weighted by Gasteiger charge is -2.42. The second-order valence-corrected chi connectivity index (χ2v) is 21.9. The Morgan fingerprint density at radius 3 is 1.16 bits per heavy atom. The molecule has 35 nitrogen and oxygen atoms in total. The first-order valence-electron chi connectivity index (χ1n) is 30.3. The first-order valence-corrected chi connectivity index (χ1v) is 30.3. The van der Waals surface area contributed by atoms with Crippen LogP contribution in [-0.4, -0.2) is 309 Å². The van der Waals surface area contributed by atoms with Crippen molar-refractivity contribution in [1.29, 1.82) is 0 Å². The second-order valence-electron chi connectivity index (χ2n) is 21.9. The fourth-order valence-corrected chi connectivity index (χ4v) is 10.3. The molecule has 4 rings (SSSR count). The van der Waals surface area contributed by atoms with Crippen molar-refractivity contribution in [1.82, 2.24) is 42.5 Å². The van der Waals surface area contributed by atoms with E-state index in [2.05, 4.69) is 42.5 Å². The van der Waals surface area contributed by atoms with Crippen molar-refractivity contribution in [2.75, 3.05) is 106 Å². The molecule has 518 valence electrons.